The van der Waals surface area contributed by atoms with E-state index in [1.165, 1.54) is 16.0 Å². The molecule has 2 rings (SSSR count). The second-order valence-electron chi connectivity index (χ2n) is 5.75. The highest BCUT2D eigenvalue weighted by Gasteiger charge is 2.10. The molecule has 0 radical (unpaired) electrons. The van der Waals surface area contributed by atoms with Crippen LogP contribution in [0.1, 0.15) is 16.7 Å². The number of rotatable bonds is 7. The molecule has 0 aromatic heterocycles. The number of benzene rings is 2. The van der Waals surface area contributed by atoms with Gasteiger partial charge in [-0.3, -0.25) is 4.99 Å². The Hall–Kier alpha value is -1.61. The van der Waals surface area contributed by atoms with Gasteiger partial charge in [-0.05, 0) is 36.4 Å². The van der Waals surface area contributed by atoms with Gasteiger partial charge in [0.05, 0.1) is 14.2 Å². The van der Waals surface area contributed by atoms with E-state index in [1.54, 1.807) is 33.0 Å². The number of ether oxygens (including phenoxy) is 2. The summed E-state index contributed by atoms with van der Waals surface area (Å²) in [6, 6.07) is 12.3. The van der Waals surface area contributed by atoms with Crippen molar-refractivity contribution in [3.05, 3.63) is 53.1 Å². The first-order valence-electron chi connectivity index (χ1n) is 8.40. The van der Waals surface area contributed by atoms with Gasteiger partial charge in [0, 0.05) is 30.6 Å². The molecule has 0 aliphatic heterocycles. The van der Waals surface area contributed by atoms with E-state index in [-0.39, 0.29) is 24.0 Å². The highest BCUT2D eigenvalue weighted by molar-refractivity contribution is 14.0. The molecule has 0 bridgehead atoms. The van der Waals surface area contributed by atoms with Crippen LogP contribution in [-0.4, -0.2) is 33.5 Å². The van der Waals surface area contributed by atoms with Crippen molar-refractivity contribution in [2.45, 2.75) is 24.9 Å². The smallest absolute Gasteiger partial charge is 0.191 e. The Morgan fingerprint density at radius 3 is 2.33 bits per heavy atom. The minimum absolute atomic E-state index is 0. The van der Waals surface area contributed by atoms with Gasteiger partial charge in [-0.25, -0.2) is 0 Å². The van der Waals surface area contributed by atoms with Gasteiger partial charge in [-0.2, -0.15) is 0 Å². The summed E-state index contributed by atoms with van der Waals surface area (Å²) in [6.45, 7) is 3.41. The van der Waals surface area contributed by atoms with Crippen LogP contribution in [0.4, 0.5) is 0 Å². The first kappa shape index (κ1) is 23.4. The summed E-state index contributed by atoms with van der Waals surface area (Å²) in [5.41, 5.74) is 3.53. The largest absolute Gasteiger partial charge is 0.493 e. The van der Waals surface area contributed by atoms with E-state index in [0.29, 0.717) is 13.1 Å². The molecule has 2 aromatic carbocycles. The van der Waals surface area contributed by atoms with E-state index in [2.05, 4.69) is 47.0 Å². The van der Waals surface area contributed by atoms with Crippen LogP contribution in [0.5, 0.6) is 11.5 Å². The zero-order valence-electron chi connectivity index (χ0n) is 16.5. The molecule has 7 heteroatoms. The number of nitrogens with one attached hydrogen (secondary N) is 2. The van der Waals surface area contributed by atoms with Crippen LogP contribution in [0.15, 0.2) is 46.3 Å². The number of halogens is 1. The number of thioether (sulfide) groups is 1. The molecule has 2 N–H and O–H groups in total. The van der Waals surface area contributed by atoms with Crippen LogP contribution in [0.2, 0.25) is 0 Å². The van der Waals surface area contributed by atoms with Crippen LogP contribution < -0.4 is 20.1 Å². The fraction of sp³-hybridized carbons (Fsp3) is 0.350. The molecule has 0 amide bonds. The van der Waals surface area contributed by atoms with E-state index in [4.69, 9.17) is 9.47 Å². The topological polar surface area (TPSA) is 54.9 Å². The third-order valence-electron chi connectivity index (χ3n) is 4.04. The second-order valence-corrected chi connectivity index (χ2v) is 6.60. The third kappa shape index (κ3) is 6.49. The van der Waals surface area contributed by atoms with Gasteiger partial charge in [0.1, 0.15) is 0 Å². The van der Waals surface area contributed by atoms with E-state index in [0.717, 1.165) is 23.0 Å². The molecule has 0 atom stereocenters. The van der Waals surface area contributed by atoms with Crippen molar-refractivity contribution in [1.29, 1.82) is 0 Å². The molecule has 0 fully saturated rings. The van der Waals surface area contributed by atoms with Gasteiger partial charge in [-0.15, -0.1) is 35.7 Å². The standard InChI is InChI=1S/C20H27N3O2S.HI/c1-14-9-10-15(18(11-14)26-5)12-22-20(21-2)23-13-16-7-6-8-17(24-3)19(16)25-4;/h6-11H,12-13H2,1-5H3,(H2,21,22,23);1H. The summed E-state index contributed by atoms with van der Waals surface area (Å²) in [4.78, 5) is 5.58. The van der Waals surface area contributed by atoms with Crippen LogP contribution in [0, 0.1) is 6.92 Å². The molecule has 0 unspecified atom stereocenters. The molecule has 0 heterocycles. The number of hydrogen-bond acceptors (Lipinski definition) is 4. The third-order valence-corrected chi connectivity index (χ3v) is 4.86. The van der Waals surface area contributed by atoms with Crippen molar-refractivity contribution >= 4 is 41.7 Å². The van der Waals surface area contributed by atoms with Gasteiger partial charge in [-0.1, -0.05) is 24.3 Å². The maximum Gasteiger partial charge on any atom is 0.191 e. The first-order valence-corrected chi connectivity index (χ1v) is 9.63. The number of methoxy groups -OCH3 is 2. The lowest BCUT2D eigenvalue weighted by atomic mass is 10.1. The molecule has 5 nitrogen and oxygen atoms in total. The fourth-order valence-electron chi connectivity index (χ4n) is 2.67. The monoisotopic (exact) mass is 501 g/mol. The average molecular weight is 501 g/mol. The van der Waals surface area contributed by atoms with E-state index in [1.807, 2.05) is 18.2 Å². The van der Waals surface area contributed by atoms with Crippen LogP contribution in [-0.2, 0) is 13.1 Å². The van der Waals surface area contributed by atoms with E-state index >= 15 is 0 Å². The predicted molar refractivity (Wildman–Crippen MR) is 125 cm³/mol. The number of para-hydroxylation sites is 1. The number of hydrogen-bond donors (Lipinski definition) is 2. The maximum atomic E-state index is 5.48. The molecular weight excluding hydrogens is 473 g/mol. The number of nitrogens with zero attached hydrogens (tertiary/aromatic N) is 1. The summed E-state index contributed by atoms with van der Waals surface area (Å²) < 4.78 is 10.8. The van der Waals surface area contributed by atoms with Crippen molar-refractivity contribution in [1.82, 2.24) is 10.6 Å². The fourth-order valence-corrected chi connectivity index (χ4v) is 3.38. The van der Waals surface area contributed by atoms with Gasteiger partial charge in [0.2, 0.25) is 0 Å². The predicted octanol–water partition coefficient (Wildman–Crippen LogP) is 4.22. The van der Waals surface area contributed by atoms with Gasteiger partial charge in [0.25, 0.3) is 0 Å². The maximum absolute atomic E-state index is 5.48. The minimum atomic E-state index is 0. The molecule has 2 aromatic rings. The lowest BCUT2D eigenvalue weighted by Crippen LogP contribution is -2.36. The number of aliphatic imine (C=N–C) groups is 1. The lowest BCUT2D eigenvalue weighted by Gasteiger charge is -2.16. The molecule has 27 heavy (non-hydrogen) atoms. The molecule has 0 spiro atoms. The van der Waals surface area contributed by atoms with Crippen LogP contribution in [0.3, 0.4) is 0 Å². The Bertz CT molecular complexity index is 769. The van der Waals surface area contributed by atoms with E-state index in [9.17, 15) is 0 Å². The summed E-state index contributed by atoms with van der Waals surface area (Å²) in [7, 11) is 5.05. The molecule has 0 aliphatic carbocycles. The van der Waals surface area contributed by atoms with Gasteiger partial charge >= 0.3 is 0 Å². The van der Waals surface area contributed by atoms with Crippen LogP contribution in [0.25, 0.3) is 0 Å². The Morgan fingerprint density at radius 1 is 1.04 bits per heavy atom. The Morgan fingerprint density at radius 2 is 1.74 bits per heavy atom. The molecule has 0 saturated carbocycles. The first-order chi connectivity index (χ1) is 12.6. The molecule has 0 aliphatic rings. The summed E-state index contributed by atoms with van der Waals surface area (Å²) in [5.74, 6) is 2.20. The normalized spacial score (nSPS) is 10.8. The minimum Gasteiger partial charge on any atom is -0.493 e. The van der Waals surface area contributed by atoms with Gasteiger partial charge in [0.15, 0.2) is 17.5 Å². The molecular formula is C20H28IN3O2S. The Labute approximate surface area is 183 Å². The molecule has 148 valence electrons. The lowest BCUT2D eigenvalue weighted by molar-refractivity contribution is 0.351. The highest BCUT2D eigenvalue weighted by Crippen LogP contribution is 2.30. The quantitative estimate of drug-likeness (QED) is 0.258. The SMILES string of the molecule is CN=C(NCc1ccc(C)cc1SC)NCc1cccc(OC)c1OC.I. The number of guanidine groups is 1. The van der Waals surface area contributed by atoms with Crippen LogP contribution >= 0.6 is 35.7 Å². The number of aryl methyl sites for hydroxylation is 1. The zero-order chi connectivity index (χ0) is 18.9. The van der Waals surface area contributed by atoms with Crippen molar-refractivity contribution in [2.75, 3.05) is 27.5 Å². The summed E-state index contributed by atoms with van der Waals surface area (Å²) >= 11 is 1.76. The molecule has 0 saturated heterocycles. The van der Waals surface area contributed by atoms with Crippen molar-refractivity contribution in [3.63, 3.8) is 0 Å². The van der Waals surface area contributed by atoms with Crippen molar-refractivity contribution in [3.8, 4) is 11.5 Å². The Kier molecular flexibility index (Phi) is 10.4. The summed E-state index contributed by atoms with van der Waals surface area (Å²) in [6.07, 6.45) is 2.10. The van der Waals surface area contributed by atoms with E-state index < -0.39 is 0 Å². The van der Waals surface area contributed by atoms with Crippen molar-refractivity contribution in [2.24, 2.45) is 4.99 Å². The zero-order valence-corrected chi connectivity index (χ0v) is 19.6. The average Bonchev–Trinajstić information content (AvgIpc) is 2.68. The second kappa shape index (κ2) is 12.0. The van der Waals surface area contributed by atoms with Gasteiger partial charge < -0.3 is 20.1 Å². The Balaban J connectivity index is 0.00000364. The highest BCUT2D eigenvalue weighted by atomic mass is 127. The summed E-state index contributed by atoms with van der Waals surface area (Å²) in [5, 5.41) is 6.70. The van der Waals surface area contributed by atoms with Crippen molar-refractivity contribution < 1.29 is 9.47 Å².